The van der Waals surface area contributed by atoms with Gasteiger partial charge in [-0.05, 0) is 19.3 Å². The van der Waals surface area contributed by atoms with E-state index in [1.54, 1.807) is 16.7 Å². The maximum Gasteiger partial charge on any atom is 0.276 e. The highest BCUT2D eigenvalue weighted by molar-refractivity contribution is 7.16. The van der Waals surface area contributed by atoms with Crippen LogP contribution in [0.5, 0.6) is 0 Å². The number of carbonyl (C=O) groups is 1. The number of aryl methyl sites for hydroxylation is 2. The lowest BCUT2D eigenvalue weighted by molar-refractivity contribution is 0.102. The molecule has 0 spiro atoms. The third-order valence-electron chi connectivity index (χ3n) is 2.78. The quantitative estimate of drug-likeness (QED) is 0.898. The van der Waals surface area contributed by atoms with Crippen LogP contribution < -0.4 is 11.1 Å². The average Bonchev–Trinajstić information content (AvgIpc) is 3.02. The molecule has 2 aromatic heterocycles. The summed E-state index contributed by atoms with van der Waals surface area (Å²) in [4.78, 5) is 21.8. The highest BCUT2D eigenvalue weighted by atomic mass is 32.1. The molecule has 3 N–H and O–H groups in total. The lowest BCUT2D eigenvalue weighted by Crippen LogP contribution is -2.12. The second-order valence-corrected chi connectivity index (χ2v) is 6.05. The van der Waals surface area contributed by atoms with Crippen LogP contribution >= 0.6 is 22.7 Å². The summed E-state index contributed by atoms with van der Waals surface area (Å²) in [5, 5.41) is 5.96. The van der Waals surface area contributed by atoms with E-state index in [4.69, 9.17) is 5.73 Å². The molecule has 2 aromatic rings. The molecule has 0 atom stereocenters. The summed E-state index contributed by atoms with van der Waals surface area (Å²) in [5.41, 5.74) is 7.02. The zero-order valence-electron chi connectivity index (χ0n) is 9.60. The summed E-state index contributed by atoms with van der Waals surface area (Å²) >= 11 is 2.96. The maximum atomic E-state index is 11.9. The number of carbonyl (C=O) groups excluding carboxylic acids is 1. The number of rotatable bonds is 3. The van der Waals surface area contributed by atoms with Crippen LogP contribution in [-0.4, -0.2) is 15.9 Å². The van der Waals surface area contributed by atoms with Crippen molar-refractivity contribution < 1.29 is 4.79 Å². The Morgan fingerprint density at radius 1 is 1.44 bits per heavy atom. The summed E-state index contributed by atoms with van der Waals surface area (Å²) < 4.78 is 0. The van der Waals surface area contributed by atoms with Crippen molar-refractivity contribution >= 4 is 33.7 Å². The third-order valence-corrected chi connectivity index (χ3v) is 4.72. The van der Waals surface area contributed by atoms with Gasteiger partial charge < -0.3 is 5.73 Å². The lowest BCUT2D eigenvalue weighted by atomic mass is 10.4. The van der Waals surface area contributed by atoms with E-state index in [-0.39, 0.29) is 5.91 Å². The van der Waals surface area contributed by atoms with Crippen LogP contribution in [0.1, 0.15) is 32.5 Å². The number of nitrogens with one attached hydrogen (secondary N) is 1. The van der Waals surface area contributed by atoms with Crippen molar-refractivity contribution in [2.24, 2.45) is 5.73 Å². The van der Waals surface area contributed by atoms with Gasteiger partial charge in [0.2, 0.25) is 0 Å². The number of thiazole rings is 2. The van der Waals surface area contributed by atoms with Crippen molar-refractivity contribution in [1.82, 2.24) is 9.97 Å². The Morgan fingerprint density at radius 2 is 2.33 bits per heavy atom. The van der Waals surface area contributed by atoms with E-state index >= 15 is 0 Å². The smallest absolute Gasteiger partial charge is 0.276 e. The Morgan fingerprint density at radius 3 is 3.06 bits per heavy atom. The van der Waals surface area contributed by atoms with Gasteiger partial charge in [-0.1, -0.05) is 0 Å². The molecule has 18 heavy (non-hydrogen) atoms. The van der Waals surface area contributed by atoms with E-state index in [0.29, 0.717) is 17.4 Å². The first-order chi connectivity index (χ1) is 8.76. The minimum Gasteiger partial charge on any atom is -0.325 e. The maximum absolute atomic E-state index is 11.9. The van der Waals surface area contributed by atoms with E-state index < -0.39 is 0 Å². The summed E-state index contributed by atoms with van der Waals surface area (Å²) in [6, 6.07) is 0. The molecule has 7 heteroatoms. The fourth-order valence-electron chi connectivity index (χ4n) is 1.91. The molecule has 5 nitrogen and oxygen atoms in total. The average molecular weight is 280 g/mol. The zero-order chi connectivity index (χ0) is 12.5. The van der Waals surface area contributed by atoms with Crippen molar-refractivity contribution in [2.45, 2.75) is 25.8 Å². The van der Waals surface area contributed by atoms with Gasteiger partial charge in [0.05, 0.1) is 5.69 Å². The fraction of sp³-hybridized carbons (Fsp3) is 0.364. The largest absolute Gasteiger partial charge is 0.325 e. The second-order valence-electron chi connectivity index (χ2n) is 4.03. The summed E-state index contributed by atoms with van der Waals surface area (Å²) in [5.74, 6) is -0.210. The van der Waals surface area contributed by atoms with E-state index in [9.17, 15) is 4.79 Å². The van der Waals surface area contributed by atoms with Gasteiger partial charge >= 0.3 is 0 Å². The van der Waals surface area contributed by atoms with Gasteiger partial charge in [0.25, 0.3) is 5.91 Å². The fourth-order valence-corrected chi connectivity index (χ4v) is 3.61. The molecule has 0 unspecified atom stereocenters. The van der Waals surface area contributed by atoms with Crippen LogP contribution in [-0.2, 0) is 19.4 Å². The number of nitrogens with zero attached hydrogens (tertiary/aromatic N) is 2. The minimum absolute atomic E-state index is 0.210. The number of nitrogens with two attached hydrogens (primary N) is 1. The first kappa shape index (κ1) is 11.8. The van der Waals surface area contributed by atoms with Gasteiger partial charge in [0.15, 0.2) is 5.13 Å². The summed E-state index contributed by atoms with van der Waals surface area (Å²) in [6.45, 7) is 0.365. The molecule has 1 aliphatic carbocycles. The van der Waals surface area contributed by atoms with E-state index in [1.807, 2.05) is 0 Å². The Labute approximate surface area is 112 Å². The number of aromatic nitrogens is 2. The molecule has 1 aliphatic rings. The van der Waals surface area contributed by atoms with Crippen molar-refractivity contribution in [2.75, 3.05) is 5.32 Å². The van der Waals surface area contributed by atoms with Gasteiger partial charge in [-0.15, -0.1) is 22.7 Å². The van der Waals surface area contributed by atoms with Gasteiger partial charge in [-0.25, -0.2) is 9.97 Å². The van der Waals surface area contributed by atoms with Gasteiger partial charge in [0.1, 0.15) is 10.7 Å². The van der Waals surface area contributed by atoms with Crippen LogP contribution in [0.3, 0.4) is 0 Å². The van der Waals surface area contributed by atoms with Crippen molar-refractivity contribution in [1.29, 1.82) is 0 Å². The normalized spacial score (nSPS) is 13.6. The van der Waals surface area contributed by atoms with Crippen LogP contribution in [0.15, 0.2) is 5.38 Å². The number of hydrogen-bond donors (Lipinski definition) is 2. The molecule has 0 aliphatic heterocycles. The highest BCUT2D eigenvalue weighted by Crippen LogP contribution is 2.30. The standard InChI is InChI=1S/C11H12N4OS2/c12-4-9-13-7(5-17-9)10(16)15-11-14-6-2-1-3-8(6)18-11/h5H,1-4,12H2,(H,14,15,16). The van der Waals surface area contributed by atoms with Crippen LogP contribution in [0.4, 0.5) is 5.13 Å². The molecule has 0 fully saturated rings. The molecule has 0 radical (unpaired) electrons. The van der Waals surface area contributed by atoms with E-state index in [1.165, 1.54) is 22.6 Å². The van der Waals surface area contributed by atoms with Gasteiger partial charge in [-0.3, -0.25) is 10.1 Å². The highest BCUT2D eigenvalue weighted by Gasteiger charge is 2.18. The number of amides is 1. The van der Waals surface area contributed by atoms with Crippen LogP contribution in [0.2, 0.25) is 0 Å². The first-order valence-corrected chi connectivity index (χ1v) is 7.40. The van der Waals surface area contributed by atoms with E-state index in [2.05, 4.69) is 15.3 Å². The zero-order valence-corrected chi connectivity index (χ0v) is 11.2. The van der Waals surface area contributed by atoms with Crippen molar-refractivity contribution in [3.63, 3.8) is 0 Å². The molecule has 2 heterocycles. The second kappa shape index (κ2) is 4.75. The molecule has 0 saturated heterocycles. The Hall–Kier alpha value is -1.31. The first-order valence-electron chi connectivity index (χ1n) is 5.70. The molecule has 1 amide bonds. The van der Waals surface area contributed by atoms with Crippen molar-refractivity contribution in [3.8, 4) is 0 Å². The summed E-state index contributed by atoms with van der Waals surface area (Å²) in [7, 11) is 0. The van der Waals surface area contributed by atoms with Gasteiger partial charge in [0, 0.05) is 16.8 Å². The number of anilines is 1. The molecule has 0 bridgehead atoms. The van der Waals surface area contributed by atoms with Gasteiger partial charge in [-0.2, -0.15) is 0 Å². The predicted molar refractivity (Wildman–Crippen MR) is 72.1 cm³/mol. The molecule has 3 rings (SSSR count). The molecule has 94 valence electrons. The lowest BCUT2D eigenvalue weighted by Gasteiger charge is -1.97. The Balaban J connectivity index is 1.73. The minimum atomic E-state index is -0.210. The Kier molecular flexibility index (Phi) is 3.11. The summed E-state index contributed by atoms with van der Waals surface area (Å²) in [6.07, 6.45) is 3.28. The Bertz CT molecular complexity index is 568. The van der Waals surface area contributed by atoms with E-state index in [0.717, 1.165) is 23.5 Å². The molecule has 0 aromatic carbocycles. The van der Waals surface area contributed by atoms with Crippen LogP contribution in [0, 0.1) is 0 Å². The molecular formula is C11H12N4OS2. The monoisotopic (exact) mass is 280 g/mol. The third kappa shape index (κ3) is 2.16. The molecular weight excluding hydrogens is 268 g/mol. The van der Waals surface area contributed by atoms with Crippen molar-refractivity contribution in [3.05, 3.63) is 26.7 Å². The topological polar surface area (TPSA) is 80.9 Å². The number of fused-ring (bicyclic) bond motifs is 1. The van der Waals surface area contributed by atoms with Crippen LogP contribution in [0.25, 0.3) is 0 Å². The SMILES string of the molecule is NCc1nc(C(=O)Nc2nc3c(s2)CCC3)cs1. The predicted octanol–water partition coefficient (Wildman–Crippen LogP) is 1.80. The number of hydrogen-bond acceptors (Lipinski definition) is 6. The molecule has 0 saturated carbocycles.